The van der Waals surface area contributed by atoms with Crippen LogP contribution >= 0.6 is 0 Å². The average molecular weight is 317 g/mol. The number of nitrogens with one attached hydrogen (secondary N) is 2. The molecule has 0 atom stereocenters. The molecule has 118 valence electrons. The molecule has 0 spiro atoms. The van der Waals surface area contributed by atoms with Gasteiger partial charge >= 0.3 is 0 Å². The molecule has 0 aliphatic heterocycles. The summed E-state index contributed by atoms with van der Waals surface area (Å²) in [7, 11) is 0. The van der Waals surface area contributed by atoms with Crippen LogP contribution in [0.2, 0.25) is 0 Å². The number of carbonyl (C=O) groups is 1. The zero-order valence-electron chi connectivity index (χ0n) is 12.8. The second-order valence-corrected chi connectivity index (χ2v) is 5.42. The number of fused-ring (bicyclic) bond motifs is 1. The largest absolute Gasteiger partial charge is 0.463 e. The highest BCUT2D eigenvalue weighted by Gasteiger charge is 2.13. The minimum atomic E-state index is -0.123. The van der Waals surface area contributed by atoms with Crippen LogP contribution in [0.1, 0.15) is 15.9 Å². The fourth-order valence-electron chi connectivity index (χ4n) is 2.75. The number of aromatic nitrogens is 2. The molecule has 1 amide bonds. The lowest BCUT2D eigenvalue weighted by Gasteiger charge is -2.08. The molecule has 1 aromatic carbocycles. The molecule has 0 fully saturated rings. The van der Waals surface area contributed by atoms with Gasteiger partial charge in [-0.2, -0.15) is 0 Å². The van der Waals surface area contributed by atoms with Crippen molar-refractivity contribution >= 4 is 16.8 Å². The first-order valence-electron chi connectivity index (χ1n) is 7.65. The zero-order chi connectivity index (χ0) is 16.4. The van der Waals surface area contributed by atoms with Crippen molar-refractivity contribution in [3.63, 3.8) is 0 Å². The maximum Gasteiger partial charge on any atom is 0.253 e. The van der Waals surface area contributed by atoms with Crippen LogP contribution in [-0.4, -0.2) is 15.9 Å². The van der Waals surface area contributed by atoms with E-state index < -0.39 is 0 Å². The van der Waals surface area contributed by atoms with Gasteiger partial charge in [0.15, 0.2) is 5.76 Å². The number of carbonyl (C=O) groups excluding carboxylic acids is 1. The number of hydrogen-bond donors (Lipinski definition) is 2. The Kier molecular flexibility index (Phi) is 3.59. The van der Waals surface area contributed by atoms with Crippen LogP contribution < -0.4 is 5.32 Å². The molecule has 0 saturated carbocycles. The van der Waals surface area contributed by atoms with E-state index in [4.69, 9.17) is 4.42 Å². The predicted octanol–water partition coefficient (Wildman–Crippen LogP) is 3.75. The standard InChI is InChI=1S/C19H15N3O2/c23-19(15-12-21-16-7-2-1-6-14(15)16)22-11-13-5-3-9-20-18(13)17-8-4-10-24-17/h1-10,12,21H,11H2,(H,22,23). The number of amides is 1. The van der Waals surface area contributed by atoms with Gasteiger partial charge in [0.1, 0.15) is 5.69 Å². The normalized spacial score (nSPS) is 10.8. The van der Waals surface area contributed by atoms with E-state index in [2.05, 4.69) is 15.3 Å². The van der Waals surface area contributed by atoms with Gasteiger partial charge in [-0.1, -0.05) is 24.3 Å². The molecule has 24 heavy (non-hydrogen) atoms. The lowest BCUT2D eigenvalue weighted by molar-refractivity contribution is 0.0952. The first-order valence-corrected chi connectivity index (χ1v) is 7.65. The smallest absolute Gasteiger partial charge is 0.253 e. The van der Waals surface area contributed by atoms with Crippen molar-refractivity contribution in [2.24, 2.45) is 0 Å². The Morgan fingerprint density at radius 2 is 2.04 bits per heavy atom. The van der Waals surface area contributed by atoms with Gasteiger partial charge in [0.25, 0.3) is 5.91 Å². The topological polar surface area (TPSA) is 70.9 Å². The van der Waals surface area contributed by atoms with Crippen LogP contribution in [-0.2, 0) is 6.54 Å². The van der Waals surface area contributed by atoms with Crippen molar-refractivity contribution in [1.82, 2.24) is 15.3 Å². The summed E-state index contributed by atoms with van der Waals surface area (Å²) < 4.78 is 5.42. The Balaban J connectivity index is 1.56. The molecule has 0 unspecified atom stereocenters. The van der Waals surface area contributed by atoms with Gasteiger partial charge in [-0.25, -0.2) is 0 Å². The predicted molar refractivity (Wildman–Crippen MR) is 91.4 cm³/mol. The van der Waals surface area contributed by atoms with Crippen LogP contribution in [0.5, 0.6) is 0 Å². The van der Waals surface area contributed by atoms with Gasteiger partial charge in [0.2, 0.25) is 0 Å². The van der Waals surface area contributed by atoms with E-state index in [1.54, 1.807) is 18.7 Å². The van der Waals surface area contributed by atoms with Crippen LogP contribution in [0, 0.1) is 0 Å². The van der Waals surface area contributed by atoms with E-state index in [1.807, 2.05) is 48.5 Å². The number of rotatable bonds is 4. The molecular weight excluding hydrogens is 302 g/mol. The molecule has 0 aliphatic rings. The molecule has 5 nitrogen and oxygen atoms in total. The first kappa shape index (κ1) is 14.3. The van der Waals surface area contributed by atoms with Gasteiger partial charge in [-0.3, -0.25) is 9.78 Å². The Bertz CT molecular complexity index is 987. The third kappa shape index (κ3) is 2.56. The Labute approximate surface area is 138 Å². The fourth-order valence-corrected chi connectivity index (χ4v) is 2.75. The summed E-state index contributed by atoms with van der Waals surface area (Å²) in [6, 6.07) is 15.2. The van der Waals surface area contributed by atoms with Crippen molar-refractivity contribution in [2.75, 3.05) is 0 Å². The number of furan rings is 1. The molecule has 4 aromatic rings. The average Bonchev–Trinajstić information content (AvgIpc) is 3.29. The highest BCUT2D eigenvalue weighted by molar-refractivity contribution is 6.06. The summed E-state index contributed by atoms with van der Waals surface area (Å²) in [6.45, 7) is 0.377. The highest BCUT2D eigenvalue weighted by atomic mass is 16.3. The second kappa shape index (κ2) is 6.04. The fraction of sp³-hybridized carbons (Fsp3) is 0.0526. The number of benzene rings is 1. The molecule has 0 aliphatic carbocycles. The Hall–Kier alpha value is -3.34. The quantitative estimate of drug-likeness (QED) is 0.602. The minimum Gasteiger partial charge on any atom is -0.463 e. The van der Waals surface area contributed by atoms with Gasteiger partial charge < -0.3 is 14.7 Å². The third-order valence-electron chi connectivity index (χ3n) is 3.92. The first-order chi connectivity index (χ1) is 11.8. The van der Waals surface area contributed by atoms with Gasteiger partial charge in [-0.15, -0.1) is 0 Å². The number of para-hydroxylation sites is 1. The minimum absolute atomic E-state index is 0.123. The summed E-state index contributed by atoms with van der Waals surface area (Å²) in [5.74, 6) is 0.564. The zero-order valence-corrected chi connectivity index (χ0v) is 12.8. The summed E-state index contributed by atoms with van der Waals surface area (Å²) >= 11 is 0. The van der Waals surface area contributed by atoms with Crippen molar-refractivity contribution in [2.45, 2.75) is 6.54 Å². The third-order valence-corrected chi connectivity index (χ3v) is 3.92. The summed E-state index contributed by atoms with van der Waals surface area (Å²) in [5.41, 5.74) is 3.22. The monoisotopic (exact) mass is 317 g/mol. The van der Waals surface area contributed by atoms with Crippen LogP contribution in [0.4, 0.5) is 0 Å². The van der Waals surface area contributed by atoms with Crippen LogP contribution in [0.15, 0.2) is 71.6 Å². The van der Waals surface area contributed by atoms with Gasteiger partial charge in [0.05, 0.1) is 11.8 Å². The SMILES string of the molecule is O=C(NCc1cccnc1-c1ccco1)c1c[nH]c2ccccc12. The van der Waals surface area contributed by atoms with E-state index in [0.717, 1.165) is 22.2 Å². The molecule has 3 aromatic heterocycles. The number of hydrogen-bond acceptors (Lipinski definition) is 3. The maximum absolute atomic E-state index is 12.5. The lowest BCUT2D eigenvalue weighted by atomic mass is 10.1. The Morgan fingerprint density at radius 1 is 1.12 bits per heavy atom. The van der Waals surface area contributed by atoms with E-state index >= 15 is 0 Å². The number of pyridine rings is 1. The van der Waals surface area contributed by atoms with Crippen LogP contribution in [0.3, 0.4) is 0 Å². The summed E-state index contributed by atoms with van der Waals surface area (Å²) in [4.78, 5) is 20.0. The van der Waals surface area contributed by atoms with Gasteiger partial charge in [-0.05, 0) is 24.3 Å². The summed E-state index contributed by atoms with van der Waals surface area (Å²) in [6.07, 6.45) is 5.05. The van der Waals surface area contributed by atoms with Gasteiger partial charge in [0, 0.05) is 35.4 Å². The van der Waals surface area contributed by atoms with Crippen molar-refractivity contribution < 1.29 is 9.21 Å². The second-order valence-electron chi connectivity index (χ2n) is 5.42. The molecule has 4 rings (SSSR count). The molecule has 0 radical (unpaired) electrons. The molecule has 3 heterocycles. The van der Waals surface area contributed by atoms with Crippen molar-refractivity contribution in [3.05, 3.63) is 78.3 Å². The molecule has 5 heteroatoms. The lowest BCUT2D eigenvalue weighted by Crippen LogP contribution is -2.23. The number of H-pyrrole nitrogens is 1. The van der Waals surface area contributed by atoms with E-state index in [9.17, 15) is 4.79 Å². The van der Waals surface area contributed by atoms with Crippen LogP contribution in [0.25, 0.3) is 22.4 Å². The molecular formula is C19H15N3O2. The molecule has 0 bridgehead atoms. The molecule has 0 saturated heterocycles. The number of nitrogens with zero attached hydrogens (tertiary/aromatic N) is 1. The molecule has 2 N–H and O–H groups in total. The Morgan fingerprint density at radius 3 is 2.92 bits per heavy atom. The highest BCUT2D eigenvalue weighted by Crippen LogP contribution is 2.22. The maximum atomic E-state index is 12.5. The number of aromatic amines is 1. The van der Waals surface area contributed by atoms with E-state index in [0.29, 0.717) is 17.9 Å². The van der Waals surface area contributed by atoms with Crippen molar-refractivity contribution in [3.8, 4) is 11.5 Å². The van der Waals surface area contributed by atoms with E-state index in [-0.39, 0.29) is 5.91 Å². The summed E-state index contributed by atoms with van der Waals surface area (Å²) in [5, 5.41) is 3.86. The van der Waals surface area contributed by atoms with E-state index in [1.165, 1.54) is 0 Å². The van der Waals surface area contributed by atoms with Crippen molar-refractivity contribution in [1.29, 1.82) is 0 Å².